The first-order valence-corrected chi connectivity index (χ1v) is 11.1. The fourth-order valence-corrected chi connectivity index (χ4v) is 3.62. The van der Waals surface area contributed by atoms with Gasteiger partial charge in [0.05, 0.1) is 24.8 Å². The monoisotopic (exact) mass is 452 g/mol. The van der Waals surface area contributed by atoms with Crippen LogP contribution in [0.25, 0.3) is 0 Å². The van der Waals surface area contributed by atoms with Crippen molar-refractivity contribution in [3.05, 3.63) is 70.4 Å². The molecule has 7 heteroatoms. The van der Waals surface area contributed by atoms with E-state index in [4.69, 9.17) is 14.2 Å². The van der Waals surface area contributed by atoms with Gasteiger partial charge in [-0.3, -0.25) is 0 Å². The summed E-state index contributed by atoms with van der Waals surface area (Å²) in [5.41, 5.74) is 3.85. The van der Waals surface area contributed by atoms with Crippen LogP contribution in [0.1, 0.15) is 50.4 Å². The van der Waals surface area contributed by atoms with Crippen molar-refractivity contribution in [3.8, 4) is 11.5 Å². The number of rotatable bonds is 8. The number of nitrogens with one attached hydrogen (secondary N) is 2. The van der Waals surface area contributed by atoms with Crippen LogP contribution in [0.4, 0.5) is 4.79 Å². The summed E-state index contributed by atoms with van der Waals surface area (Å²) in [5.74, 6) is 0.536. The zero-order valence-electron chi connectivity index (χ0n) is 20.0. The number of hydrogen-bond acceptors (Lipinski definition) is 5. The molecule has 0 fully saturated rings. The van der Waals surface area contributed by atoms with Crippen LogP contribution in [-0.4, -0.2) is 25.2 Å². The highest BCUT2D eigenvalue weighted by atomic mass is 16.5. The van der Waals surface area contributed by atoms with Gasteiger partial charge in [0.2, 0.25) is 0 Å². The van der Waals surface area contributed by atoms with Crippen molar-refractivity contribution in [2.45, 2.75) is 53.4 Å². The number of carbonyl (C=O) groups is 2. The molecule has 3 rings (SSSR count). The number of benzene rings is 2. The van der Waals surface area contributed by atoms with E-state index in [0.29, 0.717) is 34.9 Å². The lowest BCUT2D eigenvalue weighted by molar-refractivity contribution is -0.143. The minimum absolute atomic E-state index is 0.0766. The molecule has 0 spiro atoms. The number of carbonyl (C=O) groups excluding carboxylic acids is 2. The first kappa shape index (κ1) is 24.2. The minimum atomic E-state index is -0.678. The molecule has 0 saturated heterocycles. The third-order valence-electron chi connectivity index (χ3n) is 5.28. The lowest BCUT2D eigenvalue weighted by atomic mass is 9.91. The Kier molecular flexibility index (Phi) is 7.63. The summed E-state index contributed by atoms with van der Waals surface area (Å²) in [5, 5.41) is 5.63. The van der Waals surface area contributed by atoms with Gasteiger partial charge in [0.15, 0.2) is 11.5 Å². The zero-order valence-corrected chi connectivity index (χ0v) is 20.0. The second-order valence-electron chi connectivity index (χ2n) is 8.65. The molecular weight excluding hydrogens is 420 g/mol. The molecule has 176 valence electrons. The largest absolute Gasteiger partial charge is 0.493 e. The predicted molar refractivity (Wildman–Crippen MR) is 126 cm³/mol. The molecule has 1 heterocycles. The zero-order chi connectivity index (χ0) is 24.1. The summed E-state index contributed by atoms with van der Waals surface area (Å²) in [6.45, 7) is 9.85. The Bertz CT molecular complexity index is 1040. The van der Waals surface area contributed by atoms with E-state index >= 15 is 0 Å². The number of ether oxygens (including phenoxy) is 3. The Hall–Kier alpha value is -3.48. The molecule has 0 radical (unpaired) electrons. The lowest BCUT2D eigenvalue weighted by Crippen LogP contribution is -2.47. The summed E-state index contributed by atoms with van der Waals surface area (Å²) in [6, 6.07) is 12.5. The smallest absolute Gasteiger partial charge is 0.338 e. The van der Waals surface area contributed by atoms with E-state index in [1.807, 2.05) is 51.1 Å². The third kappa shape index (κ3) is 5.86. The standard InChI is InChI=1S/C26H32N2O5/c1-15(2)23-22(25(29)33-16(3)4)24(28-26(30)27-23)19-11-12-20(21(13-19)31-6)32-14-18-9-7-17(5)8-10-18/h7-13,15-16,24H,14H2,1-6H3,(H2,27,28,30). The Morgan fingerprint density at radius 3 is 2.33 bits per heavy atom. The highest BCUT2D eigenvalue weighted by molar-refractivity contribution is 5.95. The van der Waals surface area contributed by atoms with Crippen molar-refractivity contribution in [2.75, 3.05) is 7.11 Å². The maximum Gasteiger partial charge on any atom is 0.338 e. The molecule has 7 nitrogen and oxygen atoms in total. The van der Waals surface area contributed by atoms with Gasteiger partial charge >= 0.3 is 12.0 Å². The first-order chi connectivity index (χ1) is 15.7. The molecule has 1 aliphatic heterocycles. The van der Waals surface area contributed by atoms with Crippen molar-refractivity contribution in [3.63, 3.8) is 0 Å². The molecule has 0 bridgehead atoms. The van der Waals surface area contributed by atoms with Crippen LogP contribution >= 0.6 is 0 Å². The average molecular weight is 453 g/mol. The van der Waals surface area contributed by atoms with E-state index in [1.54, 1.807) is 33.1 Å². The van der Waals surface area contributed by atoms with Gasteiger partial charge in [-0.05, 0) is 49.9 Å². The van der Waals surface area contributed by atoms with E-state index in [9.17, 15) is 9.59 Å². The van der Waals surface area contributed by atoms with Crippen LogP contribution in [0, 0.1) is 12.8 Å². The number of hydrogen-bond donors (Lipinski definition) is 2. The van der Waals surface area contributed by atoms with Gasteiger partial charge in [0.25, 0.3) is 0 Å². The molecular formula is C26H32N2O5. The highest BCUT2D eigenvalue weighted by Crippen LogP contribution is 2.36. The van der Waals surface area contributed by atoms with Gasteiger partial charge < -0.3 is 24.8 Å². The molecule has 1 unspecified atom stereocenters. The minimum Gasteiger partial charge on any atom is -0.493 e. The third-order valence-corrected chi connectivity index (χ3v) is 5.28. The van der Waals surface area contributed by atoms with Crippen LogP contribution in [-0.2, 0) is 16.1 Å². The molecule has 1 aliphatic rings. The van der Waals surface area contributed by atoms with Crippen LogP contribution in [0.5, 0.6) is 11.5 Å². The van der Waals surface area contributed by atoms with Crippen molar-refractivity contribution >= 4 is 12.0 Å². The van der Waals surface area contributed by atoms with Crippen LogP contribution in [0.2, 0.25) is 0 Å². The fraction of sp³-hybridized carbons (Fsp3) is 0.385. The van der Waals surface area contributed by atoms with E-state index < -0.39 is 12.0 Å². The maximum absolute atomic E-state index is 13.0. The van der Waals surface area contributed by atoms with E-state index in [0.717, 1.165) is 5.56 Å². The van der Waals surface area contributed by atoms with Crippen LogP contribution in [0.3, 0.4) is 0 Å². The molecule has 33 heavy (non-hydrogen) atoms. The topological polar surface area (TPSA) is 85.9 Å². The molecule has 2 N–H and O–H groups in total. The second-order valence-corrected chi connectivity index (χ2v) is 8.65. The quantitative estimate of drug-likeness (QED) is 0.562. The molecule has 2 amide bonds. The van der Waals surface area contributed by atoms with Gasteiger partial charge in [-0.15, -0.1) is 0 Å². The van der Waals surface area contributed by atoms with Gasteiger partial charge in [-0.2, -0.15) is 0 Å². The normalized spacial score (nSPS) is 15.9. The van der Waals surface area contributed by atoms with Crippen molar-refractivity contribution in [1.29, 1.82) is 0 Å². The SMILES string of the molecule is COc1cc(C2NC(=O)NC(C(C)C)=C2C(=O)OC(C)C)ccc1OCc1ccc(C)cc1. The maximum atomic E-state index is 13.0. The number of allylic oxidation sites excluding steroid dienone is 1. The molecule has 0 saturated carbocycles. The fourth-order valence-electron chi connectivity index (χ4n) is 3.62. The van der Waals surface area contributed by atoms with Crippen LogP contribution in [0.15, 0.2) is 53.7 Å². The van der Waals surface area contributed by atoms with Crippen molar-refractivity contribution in [1.82, 2.24) is 10.6 Å². The summed E-state index contributed by atoms with van der Waals surface area (Å²) in [7, 11) is 1.56. The average Bonchev–Trinajstić information content (AvgIpc) is 2.77. The number of aryl methyl sites for hydroxylation is 1. The number of methoxy groups -OCH3 is 1. The summed E-state index contributed by atoms with van der Waals surface area (Å²) in [4.78, 5) is 25.4. The van der Waals surface area contributed by atoms with E-state index in [-0.39, 0.29) is 18.1 Å². The van der Waals surface area contributed by atoms with Crippen LogP contribution < -0.4 is 20.1 Å². The van der Waals surface area contributed by atoms with Crippen molar-refractivity contribution < 1.29 is 23.8 Å². The van der Waals surface area contributed by atoms with Gasteiger partial charge in [0.1, 0.15) is 6.61 Å². The number of urea groups is 1. The Morgan fingerprint density at radius 2 is 1.73 bits per heavy atom. The van der Waals surface area contributed by atoms with Gasteiger partial charge in [0, 0.05) is 5.70 Å². The Balaban J connectivity index is 1.93. The van der Waals surface area contributed by atoms with Gasteiger partial charge in [-0.25, -0.2) is 9.59 Å². The molecule has 0 aromatic heterocycles. The predicted octanol–water partition coefficient (Wildman–Crippen LogP) is 4.80. The number of amides is 2. The Morgan fingerprint density at radius 1 is 1.03 bits per heavy atom. The summed E-state index contributed by atoms with van der Waals surface area (Å²) in [6.07, 6.45) is -0.288. The summed E-state index contributed by atoms with van der Waals surface area (Å²) < 4.78 is 17.0. The second kappa shape index (κ2) is 10.4. The van der Waals surface area contributed by atoms with Gasteiger partial charge in [-0.1, -0.05) is 49.7 Å². The molecule has 2 aromatic rings. The van der Waals surface area contributed by atoms with E-state index in [1.165, 1.54) is 5.56 Å². The Labute approximate surface area is 195 Å². The molecule has 0 aliphatic carbocycles. The number of esters is 1. The van der Waals surface area contributed by atoms with E-state index in [2.05, 4.69) is 10.6 Å². The summed E-state index contributed by atoms with van der Waals surface area (Å²) >= 11 is 0. The highest BCUT2D eigenvalue weighted by Gasteiger charge is 2.35. The molecule has 2 aromatic carbocycles. The van der Waals surface area contributed by atoms with Crippen molar-refractivity contribution in [2.24, 2.45) is 5.92 Å². The lowest BCUT2D eigenvalue weighted by Gasteiger charge is -2.31. The first-order valence-electron chi connectivity index (χ1n) is 11.1. The molecule has 1 atom stereocenters.